The molecule has 1 spiro atoms. The summed E-state index contributed by atoms with van der Waals surface area (Å²) in [6, 6.07) is -0.906. The minimum atomic E-state index is -5.18. The number of rotatable bonds is 2. The molecule has 1 aliphatic carbocycles. The van der Waals surface area contributed by atoms with E-state index in [2.05, 4.69) is 5.32 Å². The van der Waals surface area contributed by atoms with E-state index in [1.54, 1.807) is 0 Å². The Morgan fingerprint density at radius 1 is 1.18 bits per heavy atom. The lowest BCUT2D eigenvalue weighted by atomic mass is 9.81. The van der Waals surface area contributed by atoms with Gasteiger partial charge in [0.15, 0.2) is 0 Å². The Kier molecular flexibility index (Phi) is 2.83. The first-order chi connectivity index (χ1) is 7.84. The molecule has 0 aromatic carbocycles. The zero-order chi connectivity index (χ0) is 12.7. The fraction of sp³-hybridized carbons (Fsp3) is 0.778. The fourth-order valence-electron chi connectivity index (χ4n) is 2.54. The van der Waals surface area contributed by atoms with Crippen LogP contribution in [0.1, 0.15) is 32.1 Å². The van der Waals surface area contributed by atoms with Gasteiger partial charge in [-0.3, -0.25) is 9.69 Å². The van der Waals surface area contributed by atoms with Crippen LogP contribution < -0.4 is 5.32 Å². The van der Waals surface area contributed by atoms with Crippen molar-refractivity contribution in [2.24, 2.45) is 0 Å². The standard InChI is InChI=1S/C9H13BF3N2O2/c11-10(12,13)6-15-7(16)9(14-8(15)17)4-2-1-3-5-9/h1-6H2,(H,14,17)/q-1. The lowest BCUT2D eigenvalue weighted by molar-refractivity contribution is -0.132. The van der Waals surface area contributed by atoms with E-state index >= 15 is 0 Å². The maximum absolute atomic E-state index is 12.3. The minimum Gasteiger partial charge on any atom is -0.448 e. The molecule has 96 valence electrons. The molecule has 1 saturated heterocycles. The van der Waals surface area contributed by atoms with Gasteiger partial charge in [-0.15, -0.1) is 0 Å². The molecule has 0 radical (unpaired) electrons. The lowest BCUT2D eigenvalue weighted by Gasteiger charge is -2.31. The highest BCUT2D eigenvalue weighted by atomic mass is 19.4. The zero-order valence-electron chi connectivity index (χ0n) is 9.22. The molecule has 0 unspecified atom stereocenters. The predicted octanol–water partition coefficient (Wildman–Crippen LogP) is 1.63. The predicted molar refractivity (Wildman–Crippen MR) is 55.1 cm³/mol. The van der Waals surface area contributed by atoms with Crippen molar-refractivity contribution in [3.05, 3.63) is 0 Å². The zero-order valence-corrected chi connectivity index (χ0v) is 9.22. The molecule has 2 rings (SSSR count). The topological polar surface area (TPSA) is 49.4 Å². The van der Waals surface area contributed by atoms with Crippen LogP contribution in [0.5, 0.6) is 0 Å². The first kappa shape index (κ1) is 12.3. The Morgan fingerprint density at radius 2 is 1.76 bits per heavy atom. The highest BCUT2D eigenvalue weighted by Gasteiger charge is 2.52. The van der Waals surface area contributed by atoms with Crippen molar-refractivity contribution >= 4 is 18.9 Å². The van der Waals surface area contributed by atoms with E-state index in [-0.39, 0.29) is 0 Å². The van der Waals surface area contributed by atoms with Crippen LogP contribution >= 0.6 is 0 Å². The minimum absolute atomic E-state index is 0.311. The summed E-state index contributed by atoms with van der Waals surface area (Å²) < 4.78 is 36.9. The number of carbonyl (C=O) groups is 2. The number of urea groups is 1. The summed E-state index contributed by atoms with van der Waals surface area (Å²) in [5.74, 6) is -0.707. The van der Waals surface area contributed by atoms with Gasteiger partial charge in [-0.05, 0) is 12.8 Å². The van der Waals surface area contributed by atoms with E-state index in [0.29, 0.717) is 17.7 Å². The summed E-state index contributed by atoms with van der Waals surface area (Å²) in [5, 5.41) is 2.44. The summed E-state index contributed by atoms with van der Waals surface area (Å²) in [5.41, 5.74) is -1.06. The van der Waals surface area contributed by atoms with Crippen LogP contribution in [0.3, 0.4) is 0 Å². The van der Waals surface area contributed by atoms with Crippen molar-refractivity contribution < 1.29 is 22.5 Å². The van der Waals surface area contributed by atoms with Crippen LogP contribution in [0.15, 0.2) is 0 Å². The van der Waals surface area contributed by atoms with E-state index in [1.165, 1.54) is 0 Å². The number of nitrogens with one attached hydrogen (secondary N) is 1. The molecule has 1 aliphatic heterocycles. The third-order valence-corrected chi connectivity index (χ3v) is 3.34. The third kappa shape index (κ3) is 2.25. The molecule has 0 aromatic rings. The first-order valence-electron chi connectivity index (χ1n) is 5.69. The van der Waals surface area contributed by atoms with E-state index in [1.807, 2.05) is 0 Å². The third-order valence-electron chi connectivity index (χ3n) is 3.34. The van der Waals surface area contributed by atoms with Crippen molar-refractivity contribution in [3.8, 4) is 0 Å². The molecule has 1 N–H and O–H groups in total. The molecule has 1 heterocycles. The van der Waals surface area contributed by atoms with Gasteiger partial charge < -0.3 is 18.3 Å². The molecule has 0 atom stereocenters. The van der Waals surface area contributed by atoms with Gasteiger partial charge in [-0.2, -0.15) is 0 Å². The molecule has 0 bridgehead atoms. The van der Waals surface area contributed by atoms with Crippen molar-refractivity contribution in [2.75, 3.05) is 6.44 Å². The normalized spacial score (nSPS) is 24.3. The monoisotopic (exact) mass is 249 g/mol. The molecule has 1 saturated carbocycles. The summed E-state index contributed by atoms with van der Waals surface area (Å²) in [4.78, 5) is 23.7. The maximum Gasteiger partial charge on any atom is 0.497 e. The maximum atomic E-state index is 12.3. The Morgan fingerprint density at radius 3 is 2.29 bits per heavy atom. The summed E-state index contributed by atoms with van der Waals surface area (Å²) >= 11 is 0. The summed E-state index contributed by atoms with van der Waals surface area (Å²) in [6.07, 6.45) is 1.92. The van der Waals surface area contributed by atoms with Crippen molar-refractivity contribution in [3.63, 3.8) is 0 Å². The number of hydrogen-bond acceptors (Lipinski definition) is 2. The molecule has 2 aliphatic rings. The van der Waals surface area contributed by atoms with E-state index in [0.717, 1.165) is 19.3 Å². The second-order valence-corrected chi connectivity index (χ2v) is 4.70. The summed E-state index contributed by atoms with van der Waals surface area (Å²) in [7, 11) is 0. The molecular formula is C9H13BF3N2O2-. The average molecular weight is 249 g/mol. The Labute approximate surface area is 96.6 Å². The van der Waals surface area contributed by atoms with Gasteiger partial charge in [0.05, 0.1) is 0 Å². The van der Waals surface area contributed by atoms with Crippen LogP contribution in [0.25, 0.3) is 0 Å². The Bertz CT molecular complexity index is 353. The van der Waals surface area contributed by atoms with Gasteiger partial charge in [-0.25, -0.2) is 4.79 Å². The summed E-state index contributed by atoms with van der Waals surface area (Å²) in [6.45, 7) is -5.18. The largest absolute Gasteiger partial charge is 0.497 e. The molecule has 8 heteroatoms. The van der Waals surface area contributed by atoms with Crippen LogP contribution in [0, 0.1) is 0 Å². The number of imide groups is 1. The van der Waals surface area contributed by atoms with Crippen LogP contribution in [0.2, 0.25) is 0 Å². The molecule has 0 aromatic heterocycles. The fourth-order valence-corrected chi connectivity index (χ4v) is 2.54. The van der Waals surface area contributed by atoms with Crippen molar-refractivity contribution in [1.82, 2.24) is 10.2 Å². The first-order valence-corrected chi connectivity index (χ1v) is 5.69. The van der Waals surface area contributed by atoms with Gasteiger partial charge >= 0.3 is 13.0 Å². The smallest absolute Gasteiger partial charge is 0.448 e. The Balaban J connectivity index is 2.16. The van der Waals surface area contributed by atoms with Gasteiger partial charge in [0, 0.05) is 6.44 Å². The van der Waals surface area contributed by atoms with Crippen LogP contribution in [-0.4, -0.2) is 35.8 Å². The quantitative estimate of drug-likeness (QED) is 0.597. The molecule has 3 amide bonds. The molecular weight excluding hydrogens is 236 g/mol. The SMILES string of the molecule is O=C1NC2(CCCCC2)C(=O)N1C[B-](F)(F)F. The molecule has 17 heavy (non-hydrogen) atoms. The second kappa shape index (κ2) is 3.92. The Hall–Kier alpha value is -1.21. The molecule has 4 nitrogen and oxygen atoms in total. The number of halogens is 3. The van der Waals surface area contributed by atoms with Gasteiger partial charge in [0.1, 0.15) is 5.54 Å². The van der Waals surface area contributed by atoms with E-state index in [4.69, 9.17) is 0 Å². The number of carbonyl (C=O) groups excluding carboxylic acids is 2. The second-order valence-electron chi connectivity index (χ2n) is 4.70. The number of nitrogens with zero attached hydrogens (tertiary/aromatic N) is 1. The number of amides is 3. The highest BCUT2D eigenvalue weighted by Crippen LogP contribution is 2.34. The molecule has 2 fully saturated rings. The van der Waals surface area contributed by atoms with Gasteiger partial charge in [0.25, 0.3) is 5.91 Å². The van der Waals surface area contributed by atoms with Crippen molar-refractivity contribution in [2.45, 2.75) is 37.6 Å². The average Bonchev–Trinajstić information content (AvgIpc) is 2.43. The lowest BCUT2D eigenvalue weighted by Crippen LogP contribution is -2.49. The van der Waals surface area contributed by atoms with E-state index in [9.17, 15) is 22.5 Å². The van der Waals surface area contributed by atoms with E-state index < -0.39 is 30.9 Å². The van der Waals surface area contributed by atoms with Gasteiger partial charge in [-0.1, -0.05) is 19.3 Å². The van der Waals surface area contributed by atoms with Crippen LogP contribution in [-0.2, 0) is 4.79 Å². The number of hydrogen-bond donors (Lipinski definition) is 1. The highest BCUT2D eigenvalue weighted by molar-refractivity contribution is 6.59. The van der Waals surface area contributed by atoms with Crippen molar-refractivity contribution in [1.29, 1.82) is 0 Å². The van der Waals surface area contributed by atoms with Gasteiger partial charge in [0.2, 0.25) is 0 Å². The van der Waals surface area contributed by atoms with Crippen LogP contribution in [0.4, 0.5) is 17.7 Å².